The van der Waals surface area contributed by atoms with E-state index in [1.54, 1.807) is 11.3 Å². The summed E-state index contributed by atoms with van der Waals surface area (Å²) in [6.07, 6.45) is 1.90. The number of hydrogen-bond donors (Lipinski definition) is 1. The summed E-state index contributed by atoms with van der Waals surface area (Å²) >= 11 is 1.55. The zero-order chi connectivity index (χ0) is 16.1. The molecule has 0 aliphatic rings. The van der Waals surface area contributed by atoms with Crippen molar-refractivity contribution in [3.05, 3.63) is 59.4 Å². The highest BCUT2D eigenvalue weighted by atomic mass is 32.2. The van der Waals surface area contributed by atoms with E-state index in [0.29, 0.717) is 18.7 Å². The molecule has 0 spiro atoms. The summed E-state index contributed by atoms with van der Waals surface area (Å²) in [5, 5.41) is 6.49. The highest BCUT2D eigenvalue weighted by molar-refractivity contribution is 7.88. The molecule has 0 bridgehead atoms. The zero-order valence-corrected chi connectivity index (χ0v) is 13.8. The van der Waals surface area contributed by atoms with E-state index < -0.39 is 10.0 Å². The van der Waals surface area contributed by atoms with Crippen molar-refractivity contribution in [3.8, 4) is 10.6 Å². The zero-order valence-electron chi connectivity index (χ0n) is 12.2. The predicted molar refractivity (Wildman–Crippen MR) is 88.4 cm³/mol. The van der Waals surface area contributed by atoms with Crippen molar-refractivity contribution >= 4 is 21.4 Å². The summed E-state index contributed by atoms with van der Waals surface area (Å²) in [6, 6.07) is 11.4. The SMILES string of the molecule is O=S(=O)(Cc1ccon1)NCCc1csc(-c2ccccc2)n1. The third kappa shape index (κ3) is 4.47. The van der Waals surface area contributed by atoms with Crippen LogP contribution in [0, 0.1) is 0 Å². The summed E-state index contributed by atoms with van der Waals surface area (Å²) in [5.74, 6) is -0.185. The smallest absolute Gasteiger partial charge is 0.217 e. The molecule has 1 N–H and O–H groups in total. The van der Waals surface area contributed by atoms with Crippen LogP contribution in [-0.4, -0.2) is 25.1 Å². The van der Waals surface area contributed by atoms with Gasteiger partial charge in [-0.2, -0.15) is 0 Å². The van der Waals surface area contributed by atoms with Crippen LogP contribution in [-0.2, 0) is 22.2 Å². The number of aromatic nitrogens is 2. The molecule has 0 saturated heterocycles. The Bertz CT molecular complexity index is 843. The highest BCUT2D eigenvalue weighted by Gasteiger charge is 2.13. The minimum atomic E-state index is -3.42. The fourth-order valence-electron chi connectivity index (χ4n) is 2.03. The Balaban J connectivity index is 1.54. The van der Waals surface area contributed by atoms with E-state index in [2.05, 4.69) is 19.4 Å². The minimum absolute atomic E-state index is 0.185. The molecule has 0 aliphatic heterocycles. The van der Waals surface area contributed by atoms with Crippen LogP contribution in [0.1, 0.15) is 11.4 Å². The van der Waals surface area contributed by atoms with Gasteiger partial charge >= 0.3 is 0 Å². The molecule has 8 heteroatoms. The Kier molecular flexibility index (Phi) is 4.85. The molecule has 23 heavy (non-hydrogen) atoms. The topological polar surface area (TPSA) is 85.1 Å². The first-order valence-electron chi connectivity index (χ1n) is 6.99. The Labute approximate surface area is 138 Å². The fraction of sp³-hybridized carbons (Fsp3) is 0.200. The Morgan fingerprint density at radius 1 is 1.13 bits per heavy atom. The van der Waals surface area contributed by atoms with Crippen molar-refractivity contribution in [1.29, 1.82) is 0 Å². The van der Waals surface area contributed by atoms with Gasteiger partial charge in [-0.25, -0.2) is 18.1 Å². The number of nitrogens with one attached hydrogen (secondary N) is 1. The number of hydrogen-bond acceptors (Lipinski definition) is 6. The minimum Gasteiger partial charge on any atom is -0.364 e. The van der Waals surface area contributed by atoms with Crippen molar-refractivity contribution < 1.29 is 12.9 Å². The Morgan fingerprint density at radius 3 is 2.70 bits per heavy atom. The van der Waals surface area contributed by atoms with Crippen LogP contribution < -0.4 is 4.72 Å². The van der Waals surface area contributed by atoms with Crippen LogP contribution in [0.25, 0.3) is 10.6 Å². The lowest BCUT2D eigenvalue weighted by Crippen LogP contribution is -2.27. The van der Waals surface area contributed by atoms with E-state index in [1.807, 2.05) is 35.7 Å². The molecule has 3 aromatic rings. The molecule has 0 fully saturated rings. The van der Waals surface area contributed by atoms with E-state index in [-0.39, 0.29) is 5.75 Å². The Hall–Kier alpha value is -2.03. The van der Waals surface area contributed by atoms with Crippen LogP contribution in [0.3, 0.4) is 0 Å². The normalized spacial score (nSPS) is 11.7. The van der Waals surface area contributed by atoms with Gasteiger partial charge in [-0.3, -0.25) is 0 Å². The average Bonchev–Trinajstić information content (AvgIpc) is 3.19. The first-order chi connectivity index (χ1) is 11.1. The van der Waals surface area contributed by atoms with Gasteiger partial charge in [-0.1, -0.05) is 35.5 Å². The molecular weight excluding hydrogens is 334 g/mol. The summed E-state index contributed by atoms with van der Waals surface area (Å²) in [4.78, 5) is 4.53. The van der Waals surface area contributed by atoms with Gasteiger partial charge in [0.05, 0.1) is 11.4 Å². The molecule has 0 saturated carbocycles. The van der Waals surface area contributed by atoms with Crippen LogP contribution in [0.15, 0.2) is 52.6 Å². The van der Waals surface area contributed by atoms with Gasteiger partial charge in [-0.15, -0.1) is 11.3 Å². The summed E-state index contributed by atoms with van der Waals surface area (Å²) in [5.41, 5.74) is 2.32. The maximum Gasteiger partial charge on any atom is 0.217 e. The lowest BCUT2D eigenvalue weighted by molar-refractivity contribution is 0.413. The number of nitrogens with zero attached hydrogens (tertiary/aromatic N) is 2. The van der Waals surface area contributed by atoms with Crippen molar-refractivity contribution in [2.75, 3.05) is 6.54 Å². The highest BCUT2D eigenvalue weighted by Crippen LogP contribution is 2.23. The summed E-state index contributed by atoms with van der Waals surface area (Å²) in [6.45, 7) is 0.304. The van der Waals surface area contributed by atoms with Gasteiger partial charge in [-0.05, 0) is 0 Å². The first kappa shape index (κ1) is 15.9. The molecule has 120 valence electrons. The lowest BCUT2D eigenvalue weighted by atomic mass is 10.2. The average molecular weight is 349 g/mol. The molecule has 0 radical (unpaired) electrons. The second kappa shape index (κ2) is 7.03. The monoisotopic (exact) mass is 349 g/mol. The van der Waals surface area contributed by atoms with Crippen molar-refractivity contribution in [3.63, 3.8) is 0 Å². The van der Waals surface area contributed by atoms with Gasteiger partial charge in [0, 0.05) is 30.0 Å². The van der Waals surface area contributed by atoms with Crippen LogP contribution >= 0.6 is 11.3 Å². The molecular formula is C15H15N3O3S2. The van der Waals surface area contributed by atoms with Gasteiger partial charge in [0.1, 0.15) is 17.0 Å². The second-order valence-electron chi connectivity index (χ2n) is 4.90. The molecule has 0 atom stereocenters. The predicted octanol–water partition coefficient (Wildman–Crippen LogP) is 2.46. The molecule has 6 nitrogen and oxygen atoms in total. The van der Waals surface area contributed by atoms with Crippen molar-refractivity contribution in [2.24, 2.45) is 0 Å². The van der Waals surface area contributed by atoms with Crippen LogP contribution in [0.2, 0.25) is 0 Å². The van der Waals surface area contributed by atoms with E-state index >= 15 is 0 Å². The molecule has 0 amide bonds. The fourth-order valence-corrected chi connectivity index (χ4v) is 3.94. The summed E-state index contributed by atoms with van der Waals surface area (Å²) < 4.78 is 31.0. The quantitative estimate of drug-likeness (QED) is 0.708. The van der Waals surface area contributed by atoms with Crippen LogP contribution in [0.5, 0.6) is 0 Å². The molecule has 0 aliphatic carbocycles. The number of benzene rings is 1. The molecule has 2 heterocycles. The Morgan fingerprint density at radius 2 is 1.96 bits per heavy atom. The largest absolute Gasteiger partial charge is 0.364 e. The molecule has 0 unspecified atom stereocenters. The van der Waals surface area contributed by atoms with Crippen molar-refractivity contribution in [2.45, 2.75) is 12.2 Å². The van der Waals surface area contributed by atoms with Gasteiger partial charge < -0.3 is 4.52 Å². The van der Waals surface area contributed by atoms with Crippen molar-refractivity contribution in [1.82, 2.24) is 14.9 Å². The van der Waals surface area contributed by atoms with Gasteiger partial charge in [0.15, 0.2) is 0 Å². The van der Waals surface area contributed by atoms with E-state index in [9.17, 15) is 8.42 Å². The van der Waals surface area contributed by atoms with Gasteiger partial charge in [0.25, 0.3) is 0 Å². The van der Waals surface area contributed by atoms with E-state index in [4.69, 9.17) is 0 Å². The van der Waals surface area contributed by atoms with Gasteiger partial charge in [0.2, 0.25) is 10.0 Å². The lowest BCUT2D eigenvalue weighted by Gasteiger charge is -2.03. The molecule has 2 aromatic heterocycles. The second-order valence-corrected chi connectivity index (χ2v) is 7.57. The van der Waals surface area contributed by atoms with E-state index in [0.717, 1.165) is 16.3 Å². The molecule has 1 aromatic carbocycles. The first-order valence-corrected chi connectivity index (χ1v) is 9.52. The van der Waals surface area contributed by atoms with Crippen LogP contribution in [0.4, 0.5) is 0 Å². The number of thiazole rings is 1. The van der Waals surface area contributed by atoms with E-state index in [1.165, 1.54) is 12.3 Å². The number of rotatable bonds is 7. The summed E-state index contributed by atoms with van der Waals surface area (Å²) in [7, 11) is -3.42. The maximum absolute atomic E-state index is 11.9. The standard InChI is InChI=1S/C15H15N3O3S2/c19-23(20,11-14-7-9-21-18-14)16-8-6-13-10-22-15(17-13)12-4-2-1-3-5-12/h1-5,7,9-10,16H,6,8,11H2. The third-order valence-electron chi connectivity index (χ3n) is 3.10. The maximum atomic E-state index is 11.9. The third-order valence-corrected chi connectivity index (χ3v) is 5.36. The number of sulfonamides is 1. The molecule has 3 rings (SSSR count).